The van der Waals surface area contributed by atoms with Crippen molar-refractivity contribution in [3.05, 3.63) is 38.9 Å². The predicted molar refractivity (Wildman–Crippen MR) is 79.2 cm³/mol. The van der Waals surface area contributed by atoms with Crippen molar-refractivity contribution in [2.75, 3.05) is 0 Å². The maximum atomic E-state index is 12.0. The zero-order valence-electron chi connectivity index (χ0n) is 11.7. The minimum atomic E-state index is -0.593. The molecule has 0 aliphatic heterocycles. The van der Waals surface area contributed by atoms with Gasteiger partial charge in [-0.2, -0.15) is 0 Å². The first-order valence-corrected chi connectivity index (χ1v) is 7.08. The maximum absolute atomic E-state index is 12.0. The number of nitro groups is 1. The molecule has 1 N–H and O–H groups in total. The van der Waals surface area contributed by atoms with Crippen molar-refractivity contribution < 1.29 is 9.72 Å². The molecule has 0 saturated carbocycles. The number of hydrogen-bond acceptors (Lipinski definition) is 3. The average molecular weight is 299 g/mol. The fourth-order valence-corrected chi connectivity index (χ4v) is 2.06. The number of carbonyl (C=O) groups excluding carboxylic acids is 1. The van der Waals surface area contributed by atoms with Crippen molar-refractivity contribution in [3.8, 4) is 0 Å². The third kappa shape index (κ3) is 4.81. The summed E-state index contributed by atoms with van der Waals surface area (Å²) < 4.78 is 0. The molecule has 0 aromatic heterocycles. The Bertz CT molecular complexity index is 491. The highest BCUT2D eigenvalue weighted by molar-refractivity contribution is 6.32. The number of nitro benzene ring substituents is 1. The van der Waals surface area contributed by atoms with Crippen molar-refractivity contribution in [1.82, 2.24) is 5.32 Å². The summed E-state index contributed by atoms with van der Waals surface area (Å²) in [5, 5.41) is 13.6. The Labute approximate surface area is 123 Å². The van der Waals surface area contributed by atoms with Gasteiger partial charge in [0.05, 0.1) is 4.92 Å². The van der Waals surface area contributed by atoms with Crippen LogP contribution < -0.4 is 5.32 Å². The van der Waals surface area contributed by atoms with Crippen molar-refractivity contribution in [2.45, 2.75) is 45.6 Å². The topological polar surface area (TPSA) is 72.2 Å². The molecule has 1 amide bonds. The van der Waals surface area contributed by atoms with Crippen LogP contribution in [-0.4, -0.2) is 16.9 Å². The predicted octanol–water partition coefficient (Wildman–Crippen LogP) is 3.95. The summed E-state index contributed by atoms with van der Waals surface area (Å²) >= 11 is 5.71. The van der Waals surface area contributed by atoms with E-state index in [4.69, 9.17) is 11.6 Å². The maximum Gasteiger partial charge on any atom is 0.288 e. The summed E-state index contributed by atoms with van der Waals surface area (Å²) in [6.07, 6.45) is 4.21. The van der Waals surface area contributed by atoms with Gasteiger partial charge in [0, 0.05) is 17.7 Å². The van der Waals surface area contributed by atoms with E-state index >= 15 is 0 Å². The fraction of sp³-hybridized carbons (Fsp3) is 0.500. The molecule has 110 valence electrons. The highest BCUT2D eigenvalue weighted by atomic mass is 35.5. The van der Waals surface area contributed by atoms with E-state index in [9.17, 15) is 14.9 Å². The van der Waals surface area contributed by atoms with Gasteiger partial charge in [0.2, 0.25) is 0 Å². The first-order chi connectivity index (χ1) is 9.45. The Balaban J connectivity index is 2.68. The lowest BCUT2D eigenvalue weighted by Crippen LogP contribution is -2.32. The molecule has 0 spiro atoms. The third-order valence-electron chi connectivity index (χ3n) is 3.02. The van der Waals surface area contributed by atoms with Crippen LogP contribution in [0.5, 0.6) is 0 Å². The van der Waals surface area contributed by atoms with Crippen LogP contribution >= 0.6 is 11.6 Å². The monoisotopic (exact) mass is 298 g/mol. The van der Waals surface area contributed by atoms with Gasteiger partial charge in [-0.05, 0) is 25.5 Å². The van der Waals surface area contributed by atoms with Crippen molar-refractivity contribution in [2.24, 2.45) is 0 Å². The first kappa shape index (κ1) is 16.4. The second-order valence-corrected chi connectivity index (χ2v) is 5.20. The molecule has 0 unspecified atom stereocenters. The van der Waals surface area contributed by atoms with Gasteiger partial charge in [-0.15, -0.1) is 0 Å². The van der Waals surface area contributed by atoms with Gasteiger partial charge in [-0.25, -0.2) is 0 Å². The Morgan fingerprint density at radius 2 is 2.15 bits per heavy atom. The highest BCUT2D eigenvalue weighted by Crippen LogP contribution is 2.25. The van der Waals surface area contributed by atoms with Gasteiger partial charge in [-0.1, -0.05) is 37.8 Å². The van der Waals surface area contributed by atoms with E-state index in [1.807, 2.05) is 6.92 Å². The van der Waals surface area contributed by atoms with Gasteiger partial charge in [0.25, 0.3) is 11.6 Å². The van der Waals surface area contributed by atoms with Crippen LogP contribution in [0.25, 0.3) is 0 Å². The fourth-order valence-electron chi connectivity index (χ4n) is 1.87. The lowest BCUT2D eigenvalue weighted by Gasteiger charge is -2.13. The number of benzene rings is 1. The van der Waals surface area contributed by atoms with Gasteiger partial charge in [0.15, 0.2) is 0 Å². The largest absolute Gasteiger partial charge is 0.350 e. The molecule has 6 heteroatoms. The molecule has 20 heavy (non-hydrogen) atoms. The molecule has 1 aromatic carbocycles. The van der Waals surface area contributed by atoms with E-state index in [1.165, 1.54) is 18.2 Å². The summed E-state index contributed by atoms with van der Waals surface area (Å²) in [4.78, 5) is 22.2. The molecule has 0 bridgehead atoms. The number of hydrogen-bond donors (Lipinski definition) is 1. The van der Waals surface area contributed by atoms with Crippen molar-refractivity contribution in [3.63, 3.8) is 0 Å². The molecule has 0 radical (unpaired) electrons. The summed E-state index contributed by atoms with van der Waals surface area (Å²) in [6.45, 7) is 4.05. The minimum Gasteiger partial charge on any atom is -0.350 e. The third-order valence-corrected chi connectivity index (χ3v) is 3.34. The quantitative estimate of drug-likeness (QED) is 0.470. The van der Waals surface area contributed by atoms with E-state index in [0.29, 0.717) is 0 Å². The van der Waals surface area contributed by atoms with Crippen LogP contribution in [0.4, 0.5) is 5.69 Å². The van der Waals surface area contributed by atoms with Crippen LogP contribution in [0.1, 0.15) is 49.9 Å². The SMILES string of the molecule is CCCCC[C@@H](C)NC(=O)c1ccc(Cl)c([N+](=O)[O-])c1. The van der Waals surface area contributed by atoms with Crippen molar-refractivity contribution in [1.29, 1.82) is 0 Å². The second-order valence-electron chi connectivity index (χ2n) is 4.79. The molecule has 1 rings (SSSR count). The number of carbonyl (C=O) groups is 1. The molecule has 0 aliphatic rings. The summed E-state index contributed by atoms with van der Waals surface area (Å²) in [5.74, 6) is -0.311. The molecule has 5 nitrogen and oxygen atoms in total. The lowest BCUT2D eigenvalue weighted by atomic mass is 10.1. The number of unbranched alkanes of at least 4 members (excludes halogenated alkanes) is 2. The zero-order chi connectivity index (χ0) is 15.1. The Hall–Kier alpha value is -1.62. The van der Waals surface area contributed by atoms with E-state index in [1.54, 1.807) is 0 Å². The Morgan fingerprint density at radius 3 is 2.75 bits per heavy atom. The molecule has 0 aliphatic carbocycles. The molecular formula is C14H19ClN2O3. The van der Waals surface area contributed by atoms with E-state index in [2.05, 4.69) is 12.2 Å². The van der Waals surface area contributed by atoms with Crippen LogP contribution in [0.2, 0.25) is 5.02 Å². The van der Waals surface area contributed by atoms with Crippen LogP contribution in [0.15, 0.2) is 18.2 Å². The van der Waals surface area contributed by atoms with Gasteiger partial charge in [-0.3, -0.25) is 14.9 Å². The van der Waals surface area contributed by atoms with E-state index in [0.717, 1.165) is 25.7 Å². The molecule has 0 saturated heterocycles. The number of halogens is 1. The molecule has 1 aromatic rings. The first-order valence-electron chi connectivity index (χ1n) is 6.70. The normalized spacial score (nSPS) is 11.9. The Kier molecular flexibility index (Phi) is 6.45. The average Bonchev–Trinajstić information content (AvgIpc) is 2.39. The number of nitrogens with one attached hydrogen (secondary N) is 1. The van der Waals surface area contributed by atoms with Gasteiger partial charge < -0.3 is 5.32 Å². The highest BCUT2D eigenvalue weighted by Gasteiger charge is 2.17. The number of nitrogens with zero attached hydrogens (tertiary/aromatic N) is 1. The zero-order valence-corrected chi connectivity index (χ0v) is 12.4. The minimum absolute atomic E-state index is 0.0301. The molecular weight excluding hydrogens is 280 g/mol. The molecule has 0 fully saturated rings. The second kappa shape index (κ2) is 7.85. The Morgan fingerprint density at radius 1 is 1.45 bits per heavy atom. The van der Waals surface area contributed by atoms with Crippen LogP contribution in [0, 0.1) is 10.1 Å². The van der Waals surface area contributed by atoms with Crippen LogP contribution in [-0.2, 0) is 0 Å². The van der Waals surface area contributed by atoms with Crippen molar-refractivity contribution >= 4 is 23.2 Å². The van der Waals surface area contributed by atoms with E-state index in [-0.39, 0.29) is 28.2 Å². The summed E-state index contributed by atoms with van der Waals surface area (Å²) in [6, 6.07) is 4.11. The number of rotatable bonds is 7. The molecule has 0 heterocycles. The summed E-state index contributed by atoms with van der Waals surface area (Å²) in [7, 11) is 0. The molecule has 1 atom stereocenters. The smallest absolute Gasteiger partial charge is 0.288 e. The van der Waals surface area contributed by atoms with Gasteiger partial charge >= 0.3 is 0 Å². The summed E-state index contributed by atoms with van der Waals surface area (Å²) in [5.41, 5.74) is 0.00129. The van der Waals surface area contributed by atoms with Gasteiger partial charge in [0.1, 0.15) is 5.02 Å². The van der Waals surface area contributed by atoms with E-state index < -0.39 is 4.92 Å². The lowest BCUT2D eigenvalue weighted by molar-refractivity contribution is -0.384. The number of amides is 1. The standard InChI is InChI=1S/C14H19ClN2O3/c1-3-4-5-6-10(2)16-14(18)11-7-8-12(15)13(9-11)17(19)20/h7-10H,3-6H2,1-2H3,(H,16,18)/t10-/m1/s1. The van der Waals surface area contributed by atoms with Crippen LogP contribution in [0.3, 0.4) is 0 Å².